The van der Waals surface area contributed by atoms with Crippen molar-refractivity contribution < 1.29 is 39.8 Å². The predicted molar refractivity (Wildman–Crippen MR) is 170 cm³/mol. The topological polar surface area (TPSA) is 149 Å². The van der Waals surface area contributed by atoms with Gasteiger partial charge < -0.3 is 40.3 Å². The number of nitrogens with one attached hydrogen (secondary N) is 1. The van der Waals surface area contributed by atoms with E-state index in [0.29, 0.717) is 6.42 Å². The van der Waals surface area contributed by atoms with E-state index in [4.69, 9.17) is 9.47 Å². The molecule has 7 unspecified atom stereocenters. The van der Waals surface area contributed by atoms with Gasteiger partial charge in [-0.15, -0.1) is 0 Å². The average Bonchev–Trinajstić information content (AvgIpc) is 3.00. The number of aliphatic hydroxyl groups is 5. The molecule has 0 spiro atoms. The molecule has 9 nitrogen and oxygen atoms in total. The van der Waals surface area contributed by atoms with Gasteiger partial charge in [0, 0.05) is 6.42 Å². The Bertz CT molecular complexity index is 691. The first-order valence-electron chi connectivity index (χ1n) is 17.4. The highest BCUT2D eigenvalue weighted by atomic mass is 16.7. The second-order valence-electron chi connectivity index (χ2n) is 12.3. The molecule has 0 saturated carbocycles. The van der Waals surface area contributed by atoms with Crippen molar-refractivity contribution in [3.8, 4) is 0 Å². The summed E-state index contributed by atoms with van der Waals surface area (Å²) in [4.78, 5) is 12.8. The summed E-state index contributed by atoms with van der Waals surface area (Å²) in [7, 11) is 0. The Kier molecular flexibility index (Phi) is 24.3. The summed E-state index contributed by atoms with van der Waals surface area (Å²) in [5.41, 5.74) is 0. The van der Waals surface area contributed by atoms with Gasteiger partial charge in [0.15, 0.2) is 6.29 Å². The van der Waals surface area contributed by atoms with Crippen molar-refractivity contribution in [2.45, 2.75) is 185 Å². The minimum absolute atomic E-state index is 0.183. The molecule has 7 atom stereocenters. The Morgan fingerprint density at radius 1 is 0.767 bits per heavy atom. The largest absolute Gasteiger partial charge is 0.394 e. The molecular weight excluding hydrogens is 550 g/mol. The molecule has 1 heterocycles. The number of ether oxygens (including phenoxy) is 2. The molecule has 1 rings (SSSR count). The number of rotatable bonds is 27. The van der Waals surface area contributed by atoms with Gasteiger partial charge in [0.25, 0.3) is 0 Å². The summed E-state index contributed by atoms with van der Waals surface area (Å²) >= 11 is 0. The summed E-state index contributed by atoms with van der Waals surface area (Å²) < 4.78 is 11.1. The molecule has 43 heavy (non-hydrogen) atoms. The van der Waals surface area contributed by atoms with E-state index in [1.807, 2.05) is 6.08 Å². The number of aliphatic hydroxyl groups excluding tert-OH is 5. The zero-order valence-corrected chi connectivity index (χ0v) is 27.2. The molecule has 254 valence electrons. The number of allylic oxidation sites excluding steroid dienone is 1. The first-order valence-corrected chi connectivity index (χ1v) is 17.4. The fraction of sp³-hybridized carbons (Fsp3) is 0.912. The number of unbranched alkanes of at least 4 members (excludes halogenated alkanes) is 17. The van der Waals surface area contributed by atoms with Gasteiger partial charge in [-0.2, -0.15) is 0 Å². The molecule has 1 aliphatic rings. The molecule has 9 heteroatoms. The lowest BCUT2D eigenvalue weighted by Gasteiger charge is -2.40. The summed E-state index contributed by atoms with van der Waals surface area (Å²) in [6.45, 7) is 3.68. The van der Waals surface area contributed by atoms with Crippen molar-refractivity contribution >= 4 is 5.91 Å². The lowest BCUT2D eigenvalue weighted by atomic mass is 9.99. The smallest absolute Gasteiger partial charge is 0.220 e. The standard InChI is InChI=1S/C34H65NO8/c1-3-5-7-9-11-12-13-14-15-16-18-20-22-24-30(38)35-27(28(37)23-21-19-17-10-8-6-4-2)26-42-34-33(41)32(40)31(39)29(25-36)43-34/h21,23,27-29,31-34,36-37,39-41H,3-20,22,24-26H2,1-2H3,(H,35,38)/b23-21+. The van der Waals surface area contributed by atoms with E-state index in [0.717, 1.165) is 38.5 Å². The maximum atomic E-state index is 12.8. The molecule has 1 fully saturated rings. The van der Waals surface area contributed by atoms with Crippen molar-refractivity contribution in [1.82, 2.24) is 5.32 Å². The number of carbonyl (C=O) groups excluding carboxylic acids is 1. The van der Waals surface area contributed by atoms with Crippen LogP contribution >= 0.6 is 0 Å². The molecule has 1 aliphatic heterocycles. The van der Waals surface area contributed by atoms with Gasteiger partial charge >= 0.3 is 0 Å². The van der Waals surface area contributed by atoms with Crippen LogP contribution in [0.3, 0.4) is 0 Å². The summed E-state index contributed by atoms with van der Waals surface area (Å²) in [6.07, 6.45) is 18.4. The van der Waals surface area contributed by atoms with Crippen LogP contribution in [-0.2, 0) is 14.3 Å². The fourth-order valence-electron chi connectivity index (χ4n) is 5.45. The van der Waals surface area contributed by atoms with Crippen molar-refractivity contribution in [2.75, 3.05) is 13.2 Å². The summed E-state index contributed by atoms with van der Waals surface area (Å²) in [5.74, 6) is -0.183. The fourth-order valence-corrected chi connectivity index (χ4v) is 5.45. The normalized spacial score (nSPS) is 23.9. The van der Waals surface area contributed by atoms with E-state index in [9.17, 15) is 30.3 Å². The van der Waals surface area contributed by atoms with Crippen LogP contribution in [0.4, 0.5) is 0 Å². The van der Waals surface area contributed by atoms with Gasteiger partial charge in [0.1, 0.15) is 24.4 Å². The molecule has 1 saturated heterocycles. The Balaban J connectivity index is 2.45. The first kappa shape index (κ1) is 40.0. The van der Waals surface area contributed by atoms with E-state index in [2.05, 4.69) is 19.2 Å². The Morgan fingerprint density at radius 2 is 1.28 bits per heavy atom. The monoisotopic (exact) mass is 615 g/mol. The van der Waals surface area contributed by atoms with Gasteiger partial charge in [-0.3, -0.25) is 4.79 Å². The first-order chi connectivity index (χ1) is 20.8. The van der Waals surface area contributed by atoms with Gasteiger partial charge in [-0.25, -0.2) is 0 Å². The third-order valence-corrected chi connectivity index (χ3v) is 8.36. The maximum absolute atomic E-state index is 12.8. The van der Waals surface area contributed by atoms with Gasteiger partial charge in [0.2, 0.25) is 5.91 Å². The van der Waals surface area contributed by atoms with Crippen molar-refractivity contribution in [2.24, 2.45) is 0 Å². The van der Waals surface area contributed by atoms with Crippen LogP contribution in [0.15, 0.2) is 12.2 Å². The Hall–Kier alpha value is -1.07. The van der Waals surface area contributed by atoms with Crippen LogP contribution in [0.5, 0.6) is 0 Å². The Labute approximate surface area is 261 Å². The van der Waals surface area contributed by atoms with Gasteiger partial charge in [0.05, 0.1) is 25.4 Å². The number of amides is 1. The van der Waals surface area contributed by atoms with Crippen molar-refractivity contribution in [1.29, 1.82) is 0 Å². The van der Waals surface area contributed by atoms with Crippen molar-refractivity contribution in [3.05, 3.63) is 12.2 Å². The second-order valence-corrected chi connectivity index (χ2v) is 12.3. The molecule has 0 bridgehead atoms. The quantitative estimate of drug-likeness (QED) is 0.0556. The van der Waals surface area contributed by atoms with E-state index >= 15 is 0 Å². The van der Waals surface area contributed by atoms with E-state index in [1.54, 1.807) is 6.08 Å². The van der Waals surface area contributed by atoms with Crippen LogP contribution in [0.1, 0.15) is 142 Å². The van der Waals surface area contributed by atoms with Crippen LogP contribution < -0.4 is 5.32 Å². The van der Waals surface area contributed by atoms with Crippen LogP contribution in [-0.4, -0.2) is 87.5 Å². The number of carbonyl (C=O) groups is 1. The minimum Gasteiger partial charge on any atom is -0.394 e. The van der Waals surface area contributed by atoms with E-state index < -0.39 is 49.5 Å². The third kappa shape index (κ3) is 18.5. The van der Waals surface area contributed by atoms with E-state index in [-0.39, 0.29) is 12.5 Å². The predicted octanol–water partition coefficient (Wildman–Crippen LogP) is 5.05. The maximum Gasteiger partial charge on any atom is 0.220 e. The summed E-state index contributed by atoms with van der Waals surface area (Å²) in [6, 6.07) is -0.793. The van der Waals surface area contributed by atoms with Gasteiger partial charge in [-0.1, -0.05) is 129 Å². The molecular formula is C34H65NO8. The zero-order valence-electron chi connectivity index (χ0n) is 27.2. The van der Waals surface area contributed by atoms with Gasteiger partial charge in [-0.05, 0) is 19.3 Å². The lowest BCUT2D eigenvalue weighted by molar-refractivity contribution is -0.302. The molecule has 0 radical (unpaired) electrons. The molecule has 0 aromatic rings. The highest BCUT2D eigenvalue weighted by molar-refractivity contribution is 5.76. The SMILES string of the molecule is CCCCCCC/C=C/C(O)C(COC1OC(CO)C(O)C(O)C1O)NC(=O)CCCCCCCCCCCCCCC. The minimum atomic E-state index is -1.56. The third-order valence-electron chi connectivity index (χ3n) is 8.36. The zero-order chi connectivity index (χ0) is 31.7. The van der Waals surface area contributed by atoms with Crippen LogP contribution in [0.25, 0.3) is 0 Å². The van der Waals surface area contributed by atoms with Crippen LogP contribution in [0.2, 0.25) is 0 Å². The molecule has 0 aromatic heterocycles. The molecule has 0 aliphatic carbocycles. The molecule has 1 amide bonds. The number of hydrogen-bond acceptors (Lipinski definition) is 8. The average molecular weight is 616 g/mol. The Morgan fingerprint density at radius 3 is 1.81 bits per heavy atom. The molecule has 6 N–H and O–H groups in total. The van der Waals surface area contributed by atoms with Crippen LogP contribution in [0, 0.1) is 0 Å². The molecule has 0 aromatic carbocycles. The summed E-state index contributed by atoms with van der Waals surface area (Å²) in [5, 5.41) is 53.5. The highest BCUT2D eigenvalue weighted by Crippen LogP contribution is 2.22. The van der Waals surface area contributed by atoms with E-state index in [1.165, 1.54) is 83.5 Å². The highest BCUT2D eigenvalue weighted by Gasteiger charge is 2.44. The lowest BCUT2D eigenvalue weighted by Crippen LogP contribution is -2.60. The van der Waals surface area contributed by atoms with Crippen molar-refractivity contribution in [3.63, 3.8) is 0 Å². The number of hydrogen-bond donors (Lipinski definition) is 6. The second kappa shape index (κ2) is 26.2.